The molecule has 122 valence electrons. The van der Waals surface area contributed by atoms with Gasteiger partial charge in [-0.05, 0) is 30.7 Å². The summed E-state index contributed by atoms with van der Waals surface area (Å²) in [7, 11) is 0. The molecule has 0 bridgehead atoms. The summed E-state index contributed by atoms with van der Waals surface area (Å²) >= 11 is 12.4. The topological polar surface area (TPSA) is 39.7 Å². The molecule has 0 spiro atoms. The van der Waals surface area contributed by atoms with E-state index < -0.39 is 0 Å². The minimum atomic E-state index is 0.262. The van der Waals surface area contributed by atoms with Crippen LogP contribution in [0, 0.1) is 0 Å². The van der Waals surface area contributed by atoms with Crippen LogP contribution in [-0.4, -0.2) is 13.4 Å². The van der Waals surface area contributed by atoms with Gasteiger partial charge < -0.3 is 19.5 Å². The predicted molar refractivity (Wildman–Crippen MR) is 92.1 cm³/mol. The third-order valence-corrected chi connectivity index (χ3v) is 3.89. The lowest BCUT2D eigenvalue weighted by molar-refractivity contribution is 0.174. The summed E-state index contributed by atoms with van der Waals surface area (Å²) in [5, 5.41) is 4.44. The van der Waals surface area contributed by atoms with Gasteiger partial charge in [0.1, 0.15) is 5.75 Å². The first-order chi connectivity index (χ1) is 11.2. The molecule has 1 aliphatic rings. The Hall–Kier alpha value is -1.78. The fourth-order valence-corrected chi connectivity index (χ4v) is 2.90. The molecule has 6 heteroatoms. The molecule has 0 fully saturated rings. The highest BCUT2D eigenvalue weighted by Gasteiger charge is 2.14. The van der Waals surface area contributed by atoms with E-state index in [9.17, 15) is 0 Å². The Balaban J connectivity index is 1.76. The number of halogens is 2. The number of rotatable bonds is 6. The molecule has 0 saturated heterocycles. The van der Waals surface area contributed by atoms with Gasteiger partial charge in [0.15, 0.2) is 11.5 Å². The average Bonchev–Trinajstić information content (AvgIpc) is 2.99. The van der Waals surface area contributed by atoms with E-state index in [0.29, 0.717) is 28.9 Å². The molecular weight excluding hydrogens is 337 g/mol. The smallest absolute Gasteiger partial charge is 0.231 e. The first-order valence-corrected chi connectivity index (χ1v) is 8.17. The molecule has 0 saturated carbocycles. The summed E-state index contributed by atoms with van der Waals surface area (Å²) in [5.41, 5.74) is 1.83. The maximum Gasteiger partial charge on any atom is 0.231 e. The van der Waals surface area contributed by atoms with E-state index in [4.69, 9.17) is 37.4 Å². The van der Waals surface area contributed by atoms with E-state index in [2.05, 4.69) is 5.32 Å². The number of hydrogen-bond acceptors (Lipinski definition) is 4. The molecule has 2 aromatic carbocycles. The highest BCUT2D eigenvalue weighted by atomic mass is 35.5. The Morgan fingerprint density at radius 1 is 1.13 bits per heavy atom. The molecule has 1 heterocycles. The third kappa shape index (κ3) is 3.77. The minimum absolute atomic E-state index is 0.262. The molecule has 4 nitrogen and oxygen atoms in total. The third-order valence-electron chi connectivity index (χ3n) is 3.39. The van der Waals surface area contributed by atoms with Crippen LogP contribution in [0.25, 0.3) is 0 Å². The van der Waals surface area contributed by atoms with Crippen molar-refractivity contribution in [2.45, 2.75) is 19.9 Å². The molecule has 0 radical (unpaired) electrons. The molecule has 1 N–H and O–H groups in total. The van der Waals surface area contributed by atoms with Gasteiger partial charge in [0.2, 0.25) is 6.79 Å². The number of ether oxygens (including phenoxy) is 3. The van der Waals surface area contributed by atoms with Crippen molar-refractivity contribution in [3.05, 3.63) is 45.9 Å². The fraction of sp³-hybridized carbons (Fsp3) is 0.294. The van der Waals surface area contributed by atoms with E-state index >= 15 is 0 Å². The summed E-state index contributed by atoms with van der Waals surface area (Å²) in [4.78, 5) is 0. The molecule has 0 amide bonds. The zero-order valence-electron chi connectivity index (χ0n) is 12.7. The van der Waals surface area contributed by atoms with Crippen molar-refractivity contribution in [3.63, 3.8) is 0 Å². The minimum Gasteiger partial charge on any atom is -0.492 e. The quantitative estimate of drug-likeness (QED) is 0.781. The van der Waals surface area contributed by atoms with Crippen molar-refractivity contribution in [1.29, 1.82) is 0 Å². The largest absolute Gasteiger partial charge is 0.492 e. The monoisotopic (exact) mass is 353 g/mol. The van der Waals surface area contributed by atoms with Crippen molar-refractivity contribution in [2.24, 2.45) is 0 Å². The number of anilines is 1. The van der Waals surface area contributed by atoms with Gasteiger partial charge in [-0.15, -0.1) is 0 Å². The summed E-state index contributed by atoms with van der Waals surface area (Å²) < 4.78 is 16.4. The maximum atomic E-state index is 6.26. The lowest BCUT2D eigenvalue weighted by Crippen LogP contribution is -2.05. The Kier molecular flexibility index (Phi) is 5.03. The molecule has 0 aromatic heterocycles. The van der Waals surface area contributed by atoms with E-state index in [-0.39, 0.29) is 6.79 Å². The lowest BCUT2D eigenvalue weighted by Gasteiger charge is -2.15. The van der Waals surface area contributed by atoms with Crippen LogP contribution < -0.4 is 19.5 Å². The van der Waals surface area contributed by atoms with Crippen LogP contribution in [-0.2, 0) is 6.54 Å². The van der Waals surface area contributed by atoms with Crippen molar-refractivity contribution < 1.29 is 14.2 Å². The van der Waals surface area contributed by atoms with Gasteiger partial charge in [-0.25, -0.2) is 0 Å². The van der Waals surface area contributed by atoms with Gasteiger partial charge in [-0.1, -0.05) is 30.1 Å². The van der Waals surface area contributed by atoms with Crippen molar-refractivity contribution in [2.75, 3.05) is 18.7 Å². The van der Waals surface area contributed by atoms with E-state index in [1.54, 1.807) is 6.07 Å². The molecule has 0 aliphatic carbocycles. The SMILES string of the molecule is CCCOc1c(Cl)cc(Cl)cc1CNc1ccc2c(c1)OCO2. The standard InChI is InChI=1S/C17H17Cl2NO3/c1-2-5-21-17-11(6-12(18)7-14(17)19)9-20-13-3-4-15-16(8-13)23-10-22-15/h3-4,6-8,20H,2,5,9-10H2,1H3. The molecule has 1 aliphatic heterocycles. The summed E-state index contributed by atoms with van der Waals surface area (Å²) in [6, 6.07) is 9.27. The van der Waals surface area contributed by atoms with E-state index in [1.165, 1.54) is 0 Å². The second kappa shape index (κ2) is 7.20. The van der Waals surface area contributed by atoms with Gasteiger partial charge in [0.25, 0.3) is 0 Å². The Bertz CT molecular complexity index is 706. The molecule has 0 unspecified atom stereocenters. The Morgan fingerprint density at radius 2 is 1.96 bits per heavy atom. The first kappa shape index (κ1) is 16.1. The maximum absolute atomic E-state index is 6.26. The first-order valence-electron chi connectivity index (χ1n) is 7.41. The fourth-order valence-electron chi connectivity index (χ4n) is 2.31. The second-order valence-electron chi connectivity index (χ2n) is 5.15. The summed E-state index contributed by atoms with van der Waals surface area (Å²) in [6.45, 7) is 3.46. The van der Waals surface area contributed by atoms with Crippen molar-refractivity contribution >= 4 is 28.9 Å². The lowest BCUT2D eigenvalue weighted by atomic mass is 10.2. The van der Waals surface area contributed by atoms with Crippen LogP contribution in [0.15, 0.2) is 30.3 Å². The van der Waals surface area contributed by atoms with Gasteiger partial charge >= 0.3 is 0 Å². The number of hydrogen-bond donors (Lipinski definition) is 1. The predicted octanol–water partition coefficient (Wildman–Crippen LogP) is 5.12. The highest BCUT2D eigenvalue weighted by molar-refractivity contribution is 6.35. The molecule has 23 heavy (non-hydrogen) atoms. The Labute approximate surface area is 145 Å². The van der Waals surface area contributed by atoms with Crippen LogP contribution in [0.5, 0.6) is 17.2 Å². The number of benzene rings is 2. The number of nitrogens with one attached hydrogen (secondary N) is 1. The zero-order valence-corrected chi connectivity index (χ0v) is 14.2. The van der Waals surface area contributed by atoms with Crippen LogP contribution >= 0.6 is 23.2 Å². The Morgan fingerprint density at radius 3 is 2.78 bits per heavy atom. The van der Waals surface area contributed by atoms with Gasteiger partial charge in [-0.3, -0.25) is 0 Å². The molecule has 3 rings (SSSR count). The van der Waals surface area contributed by atoms with Crippen LogP contribution in [0.4, 0.5) is 5.69 Å². The summed E-state index contributed by atoms with van der Waals surface area (Å²) in [5.74, 6) is 2.17. The van der Waals surface area contributed by atoms with E-state index in [0.717, 1.165) is 29.2 Å². The normalized spacial score (nSPS) is 12.3. The van der Waals surface area contributed by atoms with Crippen LogP contribution in [0.1, 0.15) is 18.9 Å². The van der Waals surface area contributed by atoms with E-state index in [1.807, 2.05) is 31.2 Å². The van der Waals surface area contributed by atoms with Gasteiger partial charge in [-0.2, -0.15) is 0 Å². The van der Waals surface area contributed by atoms with Crippen LogP contribution in [0.2, 0.25) is 10.0 Å². The van der Waals surface area contributed by atoms with Crippen molar-refractivity contribution in [3.8, 4) is 17.2 Å². The average molecular weight is 354 g/mol. The van der Waals surface area contributed by atoms with Crippen molar-refractivity contribution in [1.82, 2.24) is 0 Å². The van der Waals surface area contributed by atoms with Crippen LogP contribution in [0.3, 0.4) is 0 Å². The van der Waals surface area contributed by atoms with Gasteiger partial charge in [0.05, 0.1) is 11.6 Å². The molecule has 2 aromatic rings. The molecule has 0 atom stereocenters. The summed E-state index contributed by atoms with van der Waals surface area (Å²) in [6.07, 6.45) is 0.911. The van der Waals surface area contributed by atoms with Gasteiger partial charge in [0, 0.05) is 28.9 Å². The molecular formula is C17H17Cl2NO3. The highest BCUT2D eigenvalue weighted by Crippen LogP contribution is 2.36. The second-order valence-corrected chi connectivity index (χ2v) is 5.99. The number of fused-ring (bicyclic) bond motifs is 1. The zero-order chi connectivity index (χ0) is 16.2.